The number of anilines is 1. The van der Waals surface area contributed by atoms with Gasteiger partial charge in [0.25, 0.3) is 11.5 Å². The van der Waals surface area contributed by atoms with E-state index in [4.69, 9.17) is 17.0 Å². The molecule has 4 rings (SSSR count). The number of carbonyl (C=O) groups is 1. The van der Waals surface area contributed by atoms with E-state index in [1.807, 2.05) is 37.3 Å². The number of ether oxygens (including phenoxy) is 1. The molecule has 3 heterocycles. The number of benzene rings is 1. The van der Waals surface area contributed by atoms with Gasteiger partial charge in [-0.25, -0.2) is 4.98 Å². The molecule has 0 unspecified atom stereocenters. The molecule has 1 aliphatic heterocycles. The predicted molar refractivity (Wildman–Crippen MR) is 138 cm³/mol. The highest BCUT2D eigenvalue weighted by atomic mass is 32.2. The number of hydrogen-bond donors (Lipinski definition) is 2. The molecule has 1 fully saturated rings. The molecule has 0 spiro atoms. The zero-order chi connectivity index (χ0) is 24.2. The summed E-state index contributed by atoms with van der Waals surface area (Å²) in [6, 6.07) is 11.3. The summed E-state index contributed by atoms with van der Waals surface area (Å²) >= 11 is 6.62. The van der Waals surface area contributed by atoms with Gasteiger partial charge in [-0.15, -0.1) is 0 Å². The highest BCUT2D eigenvalue weighted by Crippen LogP contribution is 2.33. The molecule has 10 heteroatoms. The van der Waals surface area contributed by atoms with E-state index >= 15 is 0 Å². The van der Waals surface area contributed by atoms with Crippen molar-refractivity contribution in [3.05, 3.63) is 74.5 Å². The van der Waals surface area contributed by atoms with Crippen molar-refractivity contribution in [2.45, 2.75) is 13.3 Å². The number of fused-ring (bicyclic) bond motifs is 1. The molecule has 0 bridgehead atoms. The van der Waals surface area contributed by atoms with E-state index < -0.39 is 0 Å². The molecule has 0 aliphatic carbocycles. The van der Waals surface area contributed by atoms with Crippen LogP contribution in [0.3, 0.4) is 0 Å². The third-order valence-corrected chi connectivity index (χ3v) is 6.72. The van der Waals surface area contributed by atoms with Gasteiger partial charge in [-0.05, 0) is 48.7 Å². The van der Waals surface area contributed by atoms with Crippen molar-refractivity contribution in [2.24, 2.45) is 0 Å². The van der Waals surface area contributed by atoms with Crippen LogP contribution in [0.2, 0.25) is 0 Å². The molecule has 1 amide bonds. The summed E-state index contributed by atoms with van der Waals surface area (Å²) in [5.41, 5.74) is 2.37. The lowest BCUT2D eigenvalue weighted by molar-refractivity contribution is -0.122. The number of nitrogens with one attached hydrogen (secondary N) is 1. The summed E-state index contributed by atoms with van der Waals surface area (Å²) < 4.78 is 7.08. The van der Waals surface area contributed by atoms with Gasteiger partial charge in [-0.3, -0.25) is 18.9 Å². The molecule has 0 atom stereocenters. The Bertz CT molecular complexity index is 1340. The van der Waals surface area contributed by atoms with Crippen molar-refractivity contribution in [2.75, 3.05) is 32.1 Å². The van der Waals surface area contributed by atoms with E-state index in [1.165, 1.54) is 10.5 Å². The first-order valence-corrected chi connectivity index (χ1v) is 11.9. The van der Waals surface area contributed by atoms with Gasteiger partial charge in [0.15, 0.2) is 0 Å². The van der Waals surface area contributed by atoms with Crippen LogP contribution in [0.25, 0.3) is 11.7 Å². The van der Waals surface area contributed by atoms with Crippen molar-refractivity contribution in [3.8, 4) is 5.75 Å². The van der Waals surface area contributed by atoms with Gasteiger partial charge in [0, 0.05) is 19.3 Å². The van der Waals surface area contributed by atoms with Crippen molar-refractivity contribution in [3.63, 3.8) is 0 Å². The first kappa shape index (κ1) is 23.9. The lowest BCUT2D eigenvalue weighted by Crippen LogP contribution is -2.30. The molecule has 2 aromatic heterocycles. The minimum atomic E-state index is -0.308. The molecular formula is C24H24N4O4S2. The largest absolute Gasteiger partial charge is 0.497 e. The molecule has 3 aromatic rings. The number of aliphatic hydroxyl groups excluding tert-OH is 1. The van der Waals surface area contributed by atoms with Gasteiger partial charge >= 0.3 is 0 Å². The van der Waals surface area contributed by atoms with Gasteiger partial charge in [0.1, 0.15) is 21.5 Å². The number of nitrogens with zero attached hydrogens (tertiary/aromatic N) is 3. The summed E-state index contributed by atoms with van der Waals surface area (Å²) in [4.78, 5) is 32.9. The Balaban J connectivity index is 1.63. The first-order valence-electron chi connectivity index (χ1n) is 10.7. The van der Waals surface area contributed by atoms with Crippen LogP contribution >= 0.6 is 24.0 Å². The van der Waals surface area contributed by atoms with Crippen LogP contribution in [0.15, 0.2) is 52.3 Å². The predicted octanol–water partition coefficient (Wildman–Crippen LogP) is 2.86. The second-order valence-corrected chi connectivity index (χ2v) is 9.37. The minimum Gasteiger partial charge on any atom is -0.497 e. The highest BCUT2D eigenvalue weighted by molar-refractivity contribution is 8.26. The Kier molecular flexibility index (Phi) is 7.30. The summed E-state index contributed by atoms with van der Waals surface area (Å²) in [7, 11) is 1.62. The number of aromatic nitrogens is 2. The van der Waals surface area contributed by atoms with E-state index in [9.17, 15) is 14.7 Å². The molecule has 2 N–H and O–H groups in total. The average molecular weight is 497 g/mol. The van der Waals surface area contributed by atoms with Crippen molar-refractivity contribution in [1.82, 2.24) is 14.3 Å². The number of aliphatic hydroxyl groups is 1. The van der Waals surface area contributed by atoms with Crippen LogP contribution in [0, 0.1) is 6.92 Å². The Morgan fingerprint density at radius 3 is 2.68 bits per heavy atom. The normalized spacial score (nSPS) is 14.9. The third-order valence-electron chi connectivity index (χ3n) is 5.34. The third kappa shape index (κ3) is 4.98. The fourth-order valence-electron chi connectivity index (χ4n) is 3.55. The quantitative estimate of drug-likeness (QED) is 0.363. The molecule has 0 saturated carbocycles. The smallest absolute Gasteiger partial charge is 0.267 e. The van der Waals surface area contributed by atoms with Gasteiger partial charge in [-0.2, -0.15) is 0 Å². The summed E-state index contributed by atoms with van der Waals surface area (Å²) in [5, 5.41) is 12.2. The van der Waals surface area contributed by atoms with E-state index in [2.05, 4.69) is 10.3 Å². The molecule has 0 radical (unpaired) electrons. The van der Waals surface area contributed by atoms with Crippen LogP contribution in [-0.2, 0) is 11.2 Å². The maximum Gasteiger partial charge on any atom is 0.267 e. The molecule has 1 aliphatic rings. The van der Waals surface area contributed by atoms with Crippen molar-refractivity contribution < 1.29 is 14.6 Å². The number of rotatable bonds is 8. The van der Waals surface area contributed by atoms with Crippen molar-refractivity contribution >= 4 is 51.7 Å². The SMILES string of the molecule is COc1ccc(CCN2C(=O)C(=Cc3c(NCCO)nc4ccc(C)cn4c3=O)SC2=S)cc1. The van der Waals surface area contributed by atoms with Crippen LogP contribution < -0.4 is 15.6 Å². The number of methoxy groups -OCH3 is 1. The van der Waals surface area contributed by atoms with Crippen LogP contribution in [0.1, 0.15) is 16.7 Å². The number of hydrogen-bond acceptors (Lipinski definition) is 8. The Labute approximate surface area is 206 Å². The average Bonchev–Trinajstić information content (AvgIpc) is 3.11. The van der Waals surface area contributed by atoms with Crippen LogP contribution in [0.4, 0.5) is 5.82 Å². The summed E-state index contributed by atoms with van der Waals surface area (Å²) in [6.07, 6.45) is 3.88. The number of carbonyl (C=O) groups excluding carboxylic acids is 1. The molecule has 1 saturated heterocycles. The van der Waals surface area contributed by atoms with E-state index in [0.717, 1.165) is 28.6 Å². The van der Waals surface area contributed by atoms with E-state index in [-0.39, 0.29) is 30.2 Å². The number of amides is 1. The molecule has 34 heavy (non-hydrogen) atoms. The standard InChI is InChI=1S/C24H24N4O4S2/c1-15-3-8-20-26-21(25-10-12-29)18(22(30)28(20)14-15)13-19-23(31)27(24(33)34-19)11-9-16-4-6-17(32-2)7-5-16/h3-8,13-14,25,29H,9-12H2,1-2H3. The Morgan fingerprint density at radius 2 is 1.97 bits per heavy atom. The monoisotopic (exact) mass is 496 g/mol. The van der Waals surface area contributed by atoms with E-state index in [1.54, 1.807) is 24.3 Å². The fourth-order valence-corrected chi connectivity index (χ4v) is 4.85. The van der Waals surface area contributed by atoms with Gasteiger partial charge in [-0.1, -0.05) is 42.2 Å². The Morgan fingerprint density at radius 1 is 1.21 bits per heavy atom. The fraction of sp³-hybridized carbons (Fsp3) is 0.250. The second-order valence-electron chi connectivity index (χ2n) is 7.70. The highest BCUT2D eigenvalue weighted by Gasteiger charge is 2.32. The maximum absolute atomic E-state index is 13.3. The van der Waals surface area contributed by atoms with Gasteiger partial charge in [0.05, 0.1) is 24.2 Å². The number of aryl methyl sites for hydroxylation is 1. The summed E-state index contributed by atoms with van der Waals surface area (Å²) in [6.45, 7) is 2.41. The zero-order valence-electron chi connectivity index (χ0n) is 18.8. The number of thiocarbonyl (C=S) groups is 1. The lowest BCUT2D eigenvalue weighted by atomic mass is 10.1. The van der Waals surface area contributed by atoms with Crippen LogP contribution in [0.5, 0.6) is 5.75 Å². The minimum absolute atomic E-state index is 0.123. The van der Waals surface area contributed by atoms with E-state index in [0.29, 0.717) is 33.7 Å². The summed E-state index contributed by atoms with van der Waals surface area (Å²) in [5.74, 6) is 0.838. The molecule has 1 aromatic carbocycles. The first-order chi connectivity index (χ1) is 16.4. The topological polar surface area (TPSA) is 96.2 Å². The second kappa shape index (κ2) is 10.4. The molecule has 8 nitrogen and oxygen atoms in total. The zero-order valence-corrected chi connectivity index (χ0v) is 20.4. The molecule has 176 valence electrons. The van der Waals surface area contributed by atoms with Gasteiger partial charge in [0.2, 0.25) is 0 Å². The Hall–Kier alpha value is -3.21. The van der Waals surface area contributed by atoms with Crippen molar-refractivity contribution in [1.29, 1.82) is 0 Å². The molecular weight excluding hydrogens is 472 g/mol. The maximum atomic E-state index is 13.3. The number of pyridine rings is 1. The lowest BCUT2D eigenvalue weighted by Gasteiger charge is -2.14. The van der Waals surface area contributed by atoms with Crippen LogP contribution in [-0.4, -0.2) is 56.4 Å². The van der Waals surface area contributed by atoms with Gasteiger partial charge < -0.3 is 15.2 Å². The number of thioether (sulfide) groups is 1.